The minimum Gasteiger partial charge on any atom is -0.350 e. The molecule has 0 saturated carbocycles. The minimum atomic E-state index is -3.28. The molecule has 0 aliphatic rings. The number of anilines is 1. The number of benzene rings is 1. The molecule has 0 bridgehead atoms. The molecule has 100 valence electrons. The molecule has 5 nitrogen and oxygen atoms in total. The van der Waals surface area contributed by atoms with Crippen molar-refractivity contribution in [3.8, 4) is 0 Å². The van der Waals surface area contributed by atoms with E-state index in [9.17, 15) is 13.2 Å². The maximum absolute atomic E-state index is 11.8. The van der Waals surface area contributed by atoms with E-state index in [1.165, 1.54) is 0 Å². The van der Waals surface area contributed by atoms with Crippen LogP contribution in [0.25, 0.3) is 0 Å². The molecule has 0 radical (unpaired) electrons. The lowest BCUT2D eigenvalue weighted by Gasteiger charge is -2.11. The van der Waals surface area contributed by atoms with Crippen LogP contribution in [0, 0.1) is 0 Å². The molecule has 2 N–H and O–H groups in total. The summed E-state index contributed by atoms with van der Waals surface area (Å²) in [6.07, 6.45) is 1.94. The lowest BCUT2D eigenvalue weighted by atomic mass is 10.1. The molecule has 0 saturated heterocycles. The van der Waals surface area contributed by atoms with E-state index in [1.54, 1.807) is 24.3 Å². The first-order valence-corrected chi connectivity index (χ1v) is 7.59. The summed E-state index contributed by atoms with van der Waals surface area (Å²) in [5.74, 6) is -0.157. The van der Waals surface area contributed by atoms with Crippen LogP contribution in [0.5, 0.6) is 0 Å². The fourth-order valence-electron chi connectivity index (χ4n) is 1.31. The van der Waals surface area contributed by atoms with Crippen molar-refractivity contribution >= 4 is 21.6 Å². The van der Waals surface area contributed by atoms with Gasteiger partial charge in [-0.05, 0) is 37.6 Å². The number of sulfonamides is 1. The van der Waals surface area contributed by atoms with Crippen molar-refractivity contribution in [2.75, 3.05) is 11.0 Å². The molecule has 6 heteroatoms. The quantitative estimate of drug-likeness (QED) is 0.853. The first-order chi connectivity index (χ1) is 8.31. The van der Waals surface area contributed by atoms with Crippen molar-refractivity contribution in [3.63, 3.8) is 0 Å². The third-order valence-corrected chi connectivity index (χ3v) is 3.05. The lowest BCUT2D eigenvalue weighted by Crippen LogP contribution is -2.31. The Morgan fingerprint density at radius 2 is 1.83 bits per heavy atom. The predicted molar refractivity (Wildman–Crippen MR) is 72.1 cm³/mol. The summed E-state index contributed by atoms with van der Waals surface area (Å²) >= 11 is 0. The number of carbonyl (C=O) groups is 1. The molecule has 1 aromatic rings. The fraction of sp³-hybridized carbons (Fsp3) is 0.417. The maximum Gasteiger partial charge on any atom is 0.251 e. The Morgan fingerprint density at radius 1 is 1.28 bits per heavy atom. The molecular weight excluding hydrogens is 252 g/mol. The van der Waals surface area contributed by atoms with Crippen LogP contribution in [0.4, 0.5) is 5.69 Å². The van der Waals surface area contributed by atoms with E-state index >= 15 is 0 Å². The zero-order valence-electron chi connectivity index (χ0n) is 10.7. The highest BCUT2D eigenvalue weighted by Gasteiger charge is 2.08. The monoisotopic (exact) mass is 270 g/mol. The molecular formula is C12H18N2O3S. The van der Waals surface area contributed by atoms with Crippen LogP contribution in [0.1, 0.15) is 30.6 Å². The summed E-state index contributed by atoms with van der Waals surface area (Å²) in [5, 5.41) is 2.84. The van der Waals surface area contributed by atoms with Gasteiger partial charge in [0.1, 0.15) is 0 Å². The van der Waals surface area contributed by atoms with Gasteiger partial charge in [-0.3, -0.25) is 9.52 Å². The van der Waals surface area contributed by atoms with Gasteiger partial charge in [0.05, 0.1) is 6.26 Å². The van der Waals surface area contributed by atoms with E-state index in [0.717, 1.165) is 12.7 Å². The maximum atomic E-state index is 11.8. The summed E-state index contributed by atoms with van der Waals surface area (Å²) < 4.78 is 24.4. The van der Waals surface area contributed by atoms with E-state index in [0.29, 0.717) is 11.3 Å². The van der Waals surface area contributed by atoms with Gasteiger partial charge in [0.15, 0.2) is 0 Å². The van der Waals surface area contributed by atoms with Gasteiger partial charge in [-0.2, -0.15) is 0 Å². The number of rotatable bonds is 5. The van der Waals surface area contributed by atoms with Crippen LogP contribution in [0.3, 0.4) is 0 Å². The smallest absolute Gasteiger partial charge is 0.251 e. The molecule has 1 rings (SSSR count). The number of carbonyl (C=O) groups excluding carboxylic acids is 1. The summed E-state index contributed by atoms with van der Waals surface area (Å²) in [7, 11) is -3.28. The van der Waals surface area contributed by atoms with Crippen LogP contribution in [-0.2, 0) is 10.0 Å². The second-order valence-corrected chi connectivity index (χ2v) is 5.98. The molecule has 0 unspecified atom stereocenters. The van der Waals surface area contributed by atoms with Crippen molar-refractivity contribution in [2.24, 2.45) is 0 Å². The van der Waals surface area contributed by atoms with Crippen LogP contribution in [0.15, 0.2) is 24.3 Å². The first kappa shape index (κ1) is 14.5. The van der Waals surface area contributed by atoms with Gasteiger partial charge in [0.2, 0.25) is 10.0 Å². The highest BCUT2D eigenvalue weighted by molar-refractivity contribution is 7.92. The fourth-order valence-corrected chi connectivity index (χ4v) is 1.88. The number of hydrogen-bond donors (Lipinski definition) is 2. The van der Waals surface area contributed by atoms with Gasteiger partial charge in [-0.1, -0.05) is 6.92 Å². The Hall–Kier alpha value is -1.56. The largest absolute Gasteiger partial charge is 0.350 e. The van der Waals surface area contributed by atoms with Crippen LogP contribution >= 0.6 is 0 Å². The van der Waals surface area contributed by atoms with Gasteiger partial charge < -0.3 is 5.32 Å². The summed E-state index contributed by atoms with van der Waals surface area (Å²) in [6.45, 7) is 3.92. The zero-order valence-corrected chi connectivity index (χ0v) is 11.5. The summed E-state index contributed by atoms with van der Waals surface area (Å²) in [6, 6.07) is 6.42. The zero-order chi connectivity index (χ0) is 13.8. The molecule has 0 heterocycles. The summed E-state index contributed by atoms with van der Waals surface area (Å²) in [4.78, 5) is 11.8. The van der Waals surface area contributed by atoms with Crippen LogP contribution in [-0.4, -0.2) is 26.6 Å². The standard InChI is InChI=1S/C12H18N2O3S/c1-4-9(2)13-12(15)10-5-7-11(8-6-10)14-18(3,16)17/h5-9,14H,4H2,1-3H3,(H,13,15)/t9-/m0/s1. The average Bonchev–Trinajstić information content (AvgIpc) is 2.27. The van der Waals surface area contributed by atoms with Gasteiger partial charge >= 0.3 is 0 Å². The van der Waals surface area contributed by atoms with E-state index in [-0.39, 0.29) is 11.9 Å². The number of hydrogen-bond acceptors (Lipinski definition) is 3. The molecule has 0 aliphatic heterocycles. The van der Waals surface area contributed by atoms with Gasteiger partial charge in [0.25, 0.3) is 5.91 Å². The minimum absolute atomic E-state index is 0.117. The second kappa shape index (κ2) is 5.86. The first-order valence-electron chi connectivity index (χ1n) is 5.70. The van der Waals surface area contributed by atoms with Crippen molar-refractivity contribution in [1.29, 1.82) is 0 Å². The van der Waals surface area contributed by atoms with E-state index in [4.69, 9.17) is 0 Å². The van der Waals surface area contributed by atoms with Gasteiger partial charge in [0, 0.05) is 17.3 Å². The van der Waals surface area contributed by atoms with Crippen LogP contribution in [0.2, 0.25) is 0 Å². The van der Waals surface area contributed by atoms with Crippen molar-refractivity contribution in [1.82, 2.24) is 5.32 Å². The molecule has 1 amide bonds. The van der Waals surface area contributed by atoms with E-state index in [2.05, 4.69) is 10.0 Å². The Bertz CT molecular complexity index is 509. The van der Waals surface area contributed by atoms with Gasteiger partial charge in [-0.25, -0.2) is 8.42 Å². The Balaban J connectivity index is 2.74. The highest BCUT2D eigenvalue weighted by Crippen LogP contribution is 2.11. The molecule has 18 heavy (non-hydrogen) atoms. The Kier molecular flexibility index (Phi) is 4.72. The highest BCUT2D eigenvalue weighted by atomic mass is 32.2. The lowest BCUT2D eigenvalue weighted by molar-refractivity contribution is 0.0939. The third-order valence-electron chi connectivity index (χ3n) is 2.44. The number of nitrogens with one attached hydrogen (secondary N) is 2. The molecule has 0 aromatic heterocycles. The Labute approximate surface area is 108 Å². The molecule has 0 fully saturated rings. The van der Waals surface area contributed by atoms with Crippen molar-refractivity contribution in [2.45, 2.75) is 26.3 Å². The predicted octanol–water partition coefficient (Wildman–Crippen LogP) is 1.59. The topological polar surface area (TPSA) is 75.3 Å². The summed E-state index contributed by atoms with van der Waals surface area (Å²) in [5.41, 5.74) is 0.951. The van der Waals surface area contributed by atoms with E-state index in [1.807, 2.05) is 13.8 Å². The normalized spacial score (nSPS) is 12.8. The Morgan fingerprint density at radius 3 is 2.28 bits per heavy atom. The number of amides is 1. The van der Waals surface area contributed by atoms with E-state index < -0.39 is 10.0 Å². The molecule has 0 aliphatic carbocycles. The van der Waals surface area contributed by atoms with Crippen molar-refractivity contribution < 1.29 is 13.2 Å². The van der Waals surface area contributed by atoms with Gasteiger partial charge in [-0.15, -0.1) is 0 Å². The SMILES string of the molecule is CC[C@H](C)NC(=O)c1ccc(NS(C)(=O)=O)cc1. The third kappa shape index (κ3) is 4.75. The van der Waals surface area contributed by atoms with Crippen LogP contribution < -0.4 is 10.0 Å². The molecule has 0 spiro atoms. The average molecular weight is 270 g/mol. The van der Waals surface area contributed by atoms with Crippen molar-refractivity contribution in [3.05, 3.63) is 29.8 Å². The molecule has 1 aromatic carbocycles. The molecule has 1 atom stereocenters. The second-order valence-electron chi connectivity index (χ2n) is 4.23.